The number of carbonyl (C=O) groups is 1. The molecule has 2 aromatic carbocycles. The standard InChI is InChI=1S/C21H23NO6S/c1-26-19-9-7-17(8-10-21(23)28-16-18-5-3-2-4-6-18)15-20(19)29(24,25)22-11-13-27-14-12-22/h2-10,15H,11-14,16H2,1H3/b10-8+. The predicted molar refractivity (Wildman–Crippen MR) is 108 cm³/mol. The maximum atomic E-state index is 13.0. The molecule has 1 fully saturated rings. The summed E-state index contributed by atoms with van der Waals surface area (Å²) in [5.74, 6) is -0.262. The SMILES string of the molecule is COc1ccc(/C=C/C(=O)OCc2ccccc2)cc1S(=O)(=O)N1CCOCC1. The first-order chi connectivity index (χ1) is 14.0. The van der Waals surface area contributed by atoms with E-state index in [4.69, 9.17) is 14.2 Å². The quantitative estimate of drug-likeness (QED) is 0.509. The number of ether oxygens (including phenoxy) is 3. The van der Waals surface area contributed by atoms with Crippen LogP contribution in [-0.4, -0.2) is 52.1 Å². The van der Waals surface area contributed by atoms with Gasteiger partial charge in [0.2, 0.25) is 10.0 Å². The van der Waals surface area contributed by atoms with E-state index in [2.05, 4.69) is 0 Å². The molecule has 7 nitrogen and oxygen atoms in total. The fourth-order valence-corrected chi connectivity index (χ4v) is 4.46. The van der Waals surface area contributed by atoms with Gasteiger partial charge in [-0.25, -0.2) is 13.2 Å². The van der Waals surface area contributed by atoms with E-state index >= 15 is 0 Å². The van der Waals surface area contributed by atoms with Gasteiger partial charge >= 0.3 is 5.97 Å². The molecule has 0 radical (unpaired) electrons. The van der Waals surface area contributed by atoms with Gasteiger partial charge in [0.15, 0.2) is 0 Å². The van der Waals surface area contributed by atoms with E-state index in [-0.39, 0.29) is 30.3 Å². The van der Waals surface area contributed by atoms with Crippen molar-refractivity contribution < 1.29 is 27.4 Å². The first-order valence-corrected chi connectivity index (χ1v) is 10.6. The van der Waals surface area contributed by atoms with E-state index in [1.54, 1.807) is 12.1 Å². The minimum Gasteiger partial charge on any atom is -0.495 e. The number of benzene rings is 2. The van der Waals surface area contributed by atoms with Crippen molar-refractivity contribution >= 4 is 22.1 Å². The molecule has 154 valence electrons. The minimum atomic E-state index is -3.73. The van der Waals surface area contributed by atoms with Crippen molar-refractivity contribution in [1.82, 2.24) is 4.31 Å². The van der Waals surface area contributed by atoms with Crippen LogP contribution < -0.4 is 4.74 Å². The van der Waals surface area contributed by atoms with Crippen LogP contribution in [0.25, 0.3) is 6.08 Å². The molecule has 29 heavy (non-hydrogen) atoms. The molecular weight excluding hydrogens is 394 g/mol. The predicted octanol–water partition coefficient (Wildman–Crippen LogP) is 2.47. The molecule has 0 spiro atoms. The third-order valence-electron chi connectivity index (χ3n) is 4.41. The number of hydrogen-bond donors (Lipinski definition) is 0. The Morgan fingerprint density at radius 2 is 1.86 bits per heavy atom. The van der Waals surface area contributed by atoms with Crippen molar-refractivity contribution in [3.8, 4) is 5.75 Å². The van der Waals surface area contributed by atoms with Crippen LogP contribution in [0, 0.1) is 0 Å². The van der Waals surface area contributed by atoms with Crippen LogP contribution in [0.15, 0.2) is 59.5 Å². The first-order valence-electron chi connectivity index (χ1n) is 9.15. The smallest absolute Gasteiger partial charge is 0.331 e. The van der Waals surface area contributed by atoms with E-state index in [0.717, 1.165) is 5.56 Å². The number of sulfonamides is 1. The van der Waals surface area contributed by atoms with Gasteiger partial charge in [-0.3, -0.25) is 0 Å². The Morgan fingerprint density at radius 3 is 2.55 bits per heavy atom. The second-order valence-electron chi connectivity index (χ2n) is 6.35. The van der Waals surface area contributed by atoms with E-state index in [1.165, 1.54) is 29.6 Å². The summed E-state index contributed by atoms with van der Waals surface area (Å²) in [7, 11) is -2.31. The summed E-state index contributed by atoms with van der Waals surface area (Å²) in [5.41, 5.74) is 1.44. The van der Waals surface area contributed by atoms with Gasteiger partial charge in [0, 0.05) is 19.2 Å². The number of carbonyl (C=O) groups excluding carboxylic acids is 1. The van der Waals surface area contributed by atoms with Crippen molar-refractivity contribution in [2.45, 2.75) is 11.5 Å². The van der Waals surface area contributed by atoms with Gasteiger partial charge in [0.05, 0.1) is 20.3 Å². The van der Waals surface area contributed by atoms with Gasteiger partial charge in [-0.2, -0.15) is 4.31 Å². The molecule has 3 rings (SSSR count). The van der Waals surface area contributed by atoms with Crippen LogP contribution in [-0.2, 0) is 30.9 Å². The van der Waals surface area contributed by atoms with Crippen LogP contribution in [0.1, 0.15) is 11.1 Å². The van der Waals surface area contributed by atoms with Gasteiger partial charge in [-0.1, -0.05) is 36.4 Å². The molecule has 1 aliphatic heterocycles. The monoisotopic (exact) mass is 417 g/mol. The zero-order valence-corrected chi connectivity index (χ0v) is 16.9. The molecule has 0 aliphatic carbocycles. The third-order valence-corrected chi connectivity index (χ3v) is 6.33. The number of nitrogens with zero attached hydrogens (tertiary/aromatic N) is 1. The lowest BCUT2D eigenvalue weighted by molar-refractivity contribution is -0.138. The maximum absolute atomic E-state index is 13.0. The summed E-state index contributed by atoms with van der Waals surface area (Å²) in [5, 5.41) is 0. The molecule has 0 unspecified atom stereocenters. The van der Waals surface area contributed by atoms with Crippen LogP contribution in [0.3, 0.4) is 0 Å². The summed E-state index contributed by atoms with van der Waals surface area (Å²) in [6.07, 6.45) is 2.79. The fraction of sp³-hybridized carbons (Fsp3) is 0.286. The highest BCUT2D eigenvalue weighted by molar-refractivity contribution is 7.89. The van der Waals surface area contributed by atoms with Crippen molar-refractivity contribution in [2.24, 2.45) is 0 Å². The largest absolute Gasteiger partial charge is 0.495 e. The highest BCUT2D eigenvalue weighted by Gasteiger charge is 2.29. The molecule has 0 amide bonds. The number of methoxy groups -OCH3 is 1. The van der Waals surface area contributed by atoms with E-state index in [9.17, 15) is 13.2 Å². The lowest BCUT2D eigenvalue weighted by atomic mass is 10.2. The average Bonchev–Trinajstić information content (AvgIpc) is 2.77. The lowest BCUT2D eigenvalue weighted by Crippen LogP contribution is -2.40. The minimum absolute atomic E-state index is 0.0571. The summed E-state index contributed by atoms with van der Waals surface area (Å²) < 4.78 is 43.0. The van der Waals surface area contributed by atoms with Crippen LogP contribution >= 0.6 is 0 Å². The number of rotatable bonds is 7. The molecule has 8 heteroatoms. The molecular formula is C21H23NO6S. The normalized spacial score (nSPS) is 15.3. The summed E-state index contributed by atoms with van der Waals surface area (Å²) in [6.45, 7) is 1.46. The highest BCUT2D eigenvalue weighted by atomic mass is 32.2. The van der Waals surface area contributed by atoms with E-state index in [1.807, 2.05) is 30.3 Å². The Balaban J connectivity index is 1.74. The highest BCUT2D eigenvalue weighted by Crippen LogP contribution is 2.28. The molecule has 0 N–H and O–H groups in total. The van der Waals surface area contributed by atoms with Crippen LogP contribution in [0.4, 0.5) is 0 Å². The topological polar surface area (TPSA) is 82.1 Å². The third kappa shape index (κ3) is 5.44. The average molecular weight is 417 g/mol. The second-order valence-corrected chi connectivity index (χ2v) is 8.26. The molecule has 2 aromatic rings. The zero-order chi connectivity index (χ0) is 20.7. The molecule has 0 atom stereocenters. The Bertz CT molecular complexity index is 966. The van der Waals surface area contributed by atoms with Crippen molar-refractivity contribution in [3.63, 3.8) is 0 Å². The molecule has 0 bridgehead atoms. The van der Waals surface area contributed by atoms with Gasteiger partial charge in [-0.15, -0.1) is 0 Å². The second kappa shape index (κ2) is 9.69. The number of morpholine rings is 1. The van der Waals surface area contributed by atoms with E-state index < -0.39 is 16.0 Å². The Kier molecular flexibility index (Phi) is 7.03. The van der Waals surface area contributed by atoms with Crippen LogP contribution in [0.5, 0.6) is 5.75 Å². The van der Waals surface area contributed by atoms with E-state index in [0.29, 0.717) is 18.8 Å². The molecule has 0 aromatic heterocycles. The maximum Gasteiger partial charge on any atom is 0.331 e. The number of esters is 1. The lowest BCUT2D eigenvalue weighted by Gasteiger charge is -2.26. The Labute approximate surface area is 170 Å². The van der Waals surface area contributed by atoms with Gasteiger partial charge in [-0.05, 0) is 29.3 Å². The zero-order valence-electron chi connectivity index (χ0n) is 16.1. The van der Waals surface area contributed by atoms with Crippen LogP contribution in [0.2, 0.25) is 0 Å². The Morgan fingerprint density at radius 1 is 1.14 bits per heavy atom. The summed E-state index contributed by atoms with van der Waals surface area (Å²) in [4.78, 5) is 12.0. The first kappa shape index (κ1) is 21.0. The molecule has 1 saturated heterocycles. The molecule has 0 saturated carbocycles. The summed E-state index contributed by atoms with van der Waals surface area (Å²) >= 11 is 0. The summed E-state index contributed by atoms with van der Waals surface area (Å²) in [6, 6.07) is 14.1. The Hall–Kier alpha value is -2.68. The van der Waals surface area contributed by atoms with Crippen molar-refractivity contribution in [1.29, 1.82) is 0 Å². The fourth-order valence-electron chi connectivity index (χ4n) is 2.87. The number of hydrogen-bond acceptors (Lipinski definition) is 6. The van der Waals surface area contributed by atoms with Crippen molar-refractivity contribution in [3.05, 3.63) is 65.7 Å². The van der Waals surface area contributed by atoms with Gasteiger partial charge in [0.1, 0.15) is 17.3 Å². The molecule has 1 heterocycles. The van der Waals surface area contributed by atoms with Gasteiger partial charge < -0.3 is 14.2 Å². The molecule has 1 aliphatic rings. The van der Waals surface area contributed by atoms with Gasteiger partial charge in [0.25, 0.3) is 0 Å². The van der Waals surface area contributed by atoms with Crippen molar-refractivity contribution in [2.75, 3.05) is 33.4 Å².